The fourth-order valence-corrected chi connectivity index (χ4v) is 4.08. The molecule has 0 fully saturated rings. The van der Waals surface area contributed by atoms with E-state index >= 15 is 0 Å². The molecule has 3 rings (SSSR count). The first-order valence-corrected chi connectivity index (χ1v) is 8.50. The van der Waals surface area contributed by atoms with Gasteiger partial charge in [-0.05, 0) is 35.8 Å². The number of hydrogen-bond donors (Lipinski definition) is 1. The summed E-state index contributed by atoms with van der Waals surface area (Å²) in [6.07, 6.45) is 2.07. The molecule has 2 unspecified atom stereocenters. The van der Waals surface area contributed by atoms with Crippen LogP contribution in [0, 0.1) is 5.82 Å². The standard InChI is InChI=1S/C18H20FNS/c1-2-16(13-7-4-3-5-8-13)20-17-11-12-21-18-14(17)9-6-10-15(18)19/h3-10,16-17,20H,2,11-12H2,1H3. The summed E-state index contributed by atoms with van der Waals surface area (Å²) in [5, 5.41) is 3.73. The van der Waals surface area contributed by atoms with Gasteiger partial charge in [0.15, 0.2) is 0 Å². The van der Waals surface area contributed by atoms with Crippen molar-refractivity contribution in [3.8, 4) is 0 Å². The predicted octanol–water partition coefficient (Wildman–Crippen LogP) is 5.10. The molecule has 1 nitrogen and oxygen atoms in total. The Morgan fingerprint density at radius 2 is 2.00 bits per heavy atom. The van der Waals surface area contributed by atoms with E-state index in [0.717, 1.165) is 29.1 Å². The van der Waals surface area contributed by atoms with Crippen LogP contribution in [0.15, 0.2) is 53.4 Å². The quantitative estimate of drug-likeness (QED) is 0.843. The Hall–Kier alpha value is -1.32. The van der Waals surface area contributed by atoms with Gasteiger partial charge in [-0.15, -0.1) is 11.8 Å². The molecule has 2 atom stereocenters. The molecule has 0 radical (unpaired) electrons. The summed E-state index contributed by atoms with van der Waals surface area (Å²) in [7, 11) is 0. The van der Waals surface area contributed by atoms with Gasteiger partial charge in [0.25, 0.3) is 0 Å². The highest BCUT2D eigenvalue weighted by molar-refractivity contribution is 7.99. The molecule has 1 N–H and O–H groups in total. The Labute approximate surface area is 130 Å². The minimum absolute atomic E-state index is 0.0863. The monoisotopic (exact) mass is 301 g/mol. The molecular weight excluding hydrogens is 281 g/mol. The molecule has 1 aliphatic rings. The smallest absolute Gasteiger partial charge is 0.137 e. The van der Waals surface area contributed by atoms with Crippen LogP contribution < -0.4 is 5.32 Å². The van der Waals surface area contributed by atoms with Crippen LogP contribution in [0.25, 0.3) is 0 Å². The van der Waals surface area contributed by atoms with Crippen LogP contribution in [0.5, 0.6) is 0 Å². The molecular formula is C18H20FNS. The largest absolute Gasteiger partial charge is 0.303 e. The molecule has 0 aliphatic carbocycles. The van der Waals surface area contributed by atoms with Gasteiger partial charge in [-0.1, -0.05) is 49.4 Å². The first-order valence-electron chi connectivity index (χ1n) is 7.51. The number of thioether (sulfide) groups is 1. The van der Waals surface area contributed by atoms with E-state index in [1.807, 2.05) is 12.1 Å². The van der Waals surface area contributed by atoms with E-state index in [2.05, 4.69) is 42.6 Å². The molecule has 0 saturated heterocycles. The van der Waals surface area contributed by atoms with Gasteiger partial charge in [0.05, 0.1) is 0 Å². The lowest BCUT2D eigenvalue weighted by Crippen LogP contribution is -2.28. The Kier molecular flexibility index (Phi) is 4.61. The summed E-state index contributed by atoms with van der Waals surface area (Å²) in [6, 6.07) is 16.5. The number of hydrogen-bond acceptors (Lipinski definition) is 2. The van der Waals surface area contributed by atoms with Gasteiger partial charge < -0.3 is 5.32 Å². The van der Waals surface area contributed by atoms with Crippen LogP contribution >= 0.6 is 11.8 Å². The van der Waals surface area contributed by atoms with Crippen LogP contribution in [0.2, 0.25) is 0 Å². The Morgan fingerprint density at radius 1 is 1.19 bits per heavy atom. The minimum Gasteiger partial charge on any atom is -0.303 e. The average molecular weight is 301 g/mol. The maximum Gasteiger partial charge on any atom is 0.137 e. The number of halogens is 1. The van der Waals surface area contributed by atoms with E-state index in [9.17, 15) is 4.39 Å². The van der Waals surface area contributed by atoms with Crippen molar-refractivity contribution < 1.29 is 4.39 Å². The third-order valence-corrected chi connectivity index (χ3v) is 5.20. The predicted molar refractivity (Wildman–Crippen MR) is 87.1 cm³/mol. The van der Waals surface area contributed by atoms with Crippen molar-refractivity contribution in [3.05, 3.63) is 65.5 Å². The Bertz CT molecular complexity index is 599. The summed E-state index contributed by atoms with van der Waals surface area (Å²) in [5.74, 6) is 0.883. The molecule has 0 saturated carbocycles. The van der Waals surface area contributed by atoms with Gasteiger partial charge in [0, 0.05) is 17.0 Å². The van der Waals surface area contributed by atoms with E-state index in [4.69, 9.17) is 0 Å². The third-order valence-electron chi connectivity index (χ3n) is 4.04. The summed E-state index contributed by atoms with van der Waals surface area (Å²) < 4.78 is 13.9. The number of benzene rings is 2. The van der Waals surface area contributed by atoms with Crippen molar-refractivity contribution >= 4 is 11.8 Å². The lowest BCUT2D eigenvalue weighted by atomic mass is 9.98. The van der Waals surface area contributed by atoms with Crippen molar-refractivity contribution in [2.75, 3.05) is 5.75 Å². The number of nitrogens with one attached hydrogen (secondary N) is 1. The van der Waals surface area contributed by atoms with E-state index in [1.54, 1.807) is 17.8 Å². The van der Waals surface area contributed by atoms with Gasteiger partial charge >= 0.3 is 0 Å². The summed E-state index contributed by atoms with van der Waals surface area (Å²) in [5.41, 5.74) is 2.41. The number of rotatable bonds is 4. The normalized spacial score (nSPS) is 19.0. The molecule has 0 spiro atoms. The number of fused-ring (bicyclic) bond motifs is 1. The molecule has 2 aromatic rings. The zero-order chi connectivity index (χ0) is 14.7. The van der Waals surface area contributed by atoms with Crippen molar-refractivity contribution in [2.24, 2.45) is 0 Å². The molecule has 110 valence electrons. The van der Waals surface area contributed by atoms with E-state index in [-0.39, 0.29) is 11.9 Å². The zero-order valence-electron chi connectivity index (χ0n) is 12.2. The lowest BCUT2D eigenvalue weighted by Gasteiger charge is -2.30. The minimum atomic E-state index is -0.0863. The first-order chi connectivity index (χ1) is 10.3. The topological polar surface area (TPSA) is 12.0 Å². The van der Waals surface area contributed by atoms with Crippen LogP contribution in [-0.4, -0.2) is 5.75 Å². The zero-order valence-corrected chi connectivity index (χ0v) is 13.0. The molecule has 3 heteroatoms. The van der Waals surface area contributed by atoms with Crippen molar-refractivity contribution in [1.82, 2.24) is 5.32 Å². The fourth-order valence-electron chi connectivity index (χ4n) is 2.94. The maximum absolute atomic E-state index is 13.9. The molecule has 21 heavy (non-hydrogen) atoms. The summed E-state index contributed by atoms with van der Waals surface area (Å²) in [6.45, 7) is 2.19. The van der Waals surface area contributed by atoms with E-state index < -0.39 is 0 Å². The van der Waals surface area contributed by atoms with E-state index in [1.165, 1.54) is 5.56 Å². The Balaban J connectivity index is 1.84. The van der Waals surface area contributed by atoms with E-state index in [0.29, 0.717) is 6.04 Å². The fraction of sp³-hybridized carbons (Fsp3) is 0.333. The second kappa shape index (κ2) is 6.63. The highest BCUT2D eigenvalue weighted by Crippen LogP contribution is 2.39. The first kappa shape index (κ1) is 14.6. The van der Waals surface area contributed by atoms with Gasteiger partial charge in [0.2, 0.25) is 0 Å². The Morgan fingerprint density at radius 3 is 2.76 bits per heavy atom. The van der Waals surface area contributed by atoms with Crippen LogP contribution in [0.4, 0.5) is 4.39 Å². The van der Waals surface area contributed by atoms with Gasteiger partial charge in [-0.25, -0.2) is 4.39 Å². The van der Waals surface area contributed by atoms with Crippen molar-refractivity contribution in [1.29, 1.82) is 0 Å². The van der Waals surface area contributed by atoms with Crippen LogP contribution in [0.3, 0.4) is 0 Å². The van der Waals surface area contributed by atoms with Gasteiger partial charge in [0.1, 0.15) is 5.82 Å². The second-order valence-corrected chi connectivity index (χ2v) is 6.49. The highest BCUT2D eigenvalue weighted by Gasteiger charge is 2.25. The summed E-state index contributed by atoms with van der Waals surface area (Å²) in [4.78, 5) is 0.823. The molecule has 0 bridgehead atoms. The lowest BCUT2D eigenvalue weighted by molar-refractivity contribution is 0.417. The highest BCUT2D eigenvalue weighted by atomic mass is 32.2. The molecule has 0 amide bonds. The van der Waals surface area contributed by atoms with Crippen LogP contribution in [0.1, 0.15) is 43.0 Å². The SMILES string of the molecule is CCC(NC1CCSc2c(F)cccc21)c1ccccc1. The van der Waals surface area contributed by atoms with Gasteiger partial charge in [-0.2, -0.15) is 0 Å². The van der Waals surface area contributed by atoms with Gasteiger partial charge in [-0.3, -0.25) is 0 Å². The summed E-state index contributed by atoms with van der Waals surface area (Å²) >= 11 is 1.63. The van der Waals surface area contributed by atoms with Crippen molar-refractivity contribution in [2.45, 2.75) is 36.7 Å². The third kappa shape index (κ3) is 3.14. The van der Waals surface area contributed by atoms with Crippen molar-refractivity contribution in [3.63, 3.8) is 0 Å². The average Bonchev–Trinajstić information content (AvgIpc) is 2.54. The van der Waals surface area contributed by atoms with Crippen LogP contribution in [-0.2, 0) is 0 Å². The second-order valence-electron chi connectivity index (χ2n) is 5.39. The molecule has 1 heterocycles. The molecule has 2 aromatic carbocycles. The maximum atomic E-state index is 13.9. The molecule has 1 aliphatic heterocycles. The molecule has 0 aromatic heterocycles.